The molecule has 0 fully saturated rings. The van der Waals surface area contributed by atoms with E-state index in [-0.39, 0.29) is 5.91 Å². The second-order valence-electron chi connectivity index (χ2n) is 6.62. The van der Waals surface area contributed by atoms with Crippen LogP contribution in [0.15, 0.2) is 60.0 Å². The number of carbonyl (C=O) groups is 1. The van der Waals surface area contributed by atoms with Gasteiger partial charge < -0.3 is 5.32 Å². The number of hydrogen-bond donors (Lipinski definition) is 2. The van der Waals surface area contributed by atoms with Gasteiger partial charge in [-0.15, -0.1) is 11.3 Å². The number of aromatic nitrogens is 2. The molecule has 0 aliphatic rings. The highest BCUT2D eigenvalue weighted by Gasteiger charge is 2.11. The number of nitrogens with one attached hydrogen (secondary N) is 2. The fourth-order valence-corrected chi connectivity index (χ4v) is 4.19. The number of aryl methyl sites for hydroxylation is 2. The second kappa shape index (κ2) is 8.61. The van der Waals surface area contributed by atoms with Crippen molar-refractivity contribution in [3.05, 3.63) is 81.4 Å². The fraction of sp³-hybridized carbons (Fsp3) is 0.0909. The van der Waals surface area contributed by atoms with Crippen molar-refractivity contribution in [3.8, 4) is 0 Å². The molecule has 1 amide bonds. The Morgan fingerprint density at radius 1 is 1.13 bits per heavy atom. The molecule has 0 atom stereocenters. The summed E-state index contributed by atoms with van der Waals surface area (Å²) in [5.41, 5.74) is 6.05. The van der Waals surface area contributed by atoms with Gasteiger partial charge in [0.1, 0.15) is 11.2 Å². The Hall–Kier alpha value is -3.29. The summed E-state index contributed by atoms with van der Waals surface area (Å²) in [6.07, 6.45) is 3.20. The predicted molar refractivity (Wildman–Crippen MR) is 124 cm³/mol. The summed E-state index contributed by atoms with van der Waals surface area (Å²) in [6, 6.07) is 14.3. The van der Waals surface area contributed by atoms with Crippen LogP contribution in [-0.2, 0) is 0 Å². The first-order valence-electron chi connectivity index (χ1n) is 9.18. The van der Waals surface area contributed by atoms with Crippen LogP contribution in [0.2, 0.25) is 5.02 Å². The van der Waals surface area contributed by atoms with Gasteiger partial charge in [0.2, 0.25) is 0 Å². The number of carbonyl (C=O) groups excluding carboxylic acids is 1. The molecule has 150 valence electrons. The fourth-order valence-electron chi connectivity index (χ4n) is 2.98. The molecule has 0 radical (unpaired) electrons. The molecule has 0 saturated heterocycles. The van der Waals surface area contributed by atoms with Gasteiger partial charge in [-0.05, 0) is 49.2 Å². The molecule has 0 aliphatic heterocycles. The Labute approximate surface area is 182 Å². The largest absolute Gasteiger partial charge is 0.322 e. The summed E-state index contributed by atoms with van der Waals surface area (Å²) >= 11 is 7.73. The van der Waals surface area contributed by atoms with E-state index < -0.39 is 0 Å². The third-order valence-corrected chi connectivity index (χ3v) is 6.06. The maximum atomic E-state index is 12.4. The molecular weight excluding hydrogens is 418 g/mol. The van der Waals surface area contributed by atoms with Gasteiger partial charge in [-0.25, -0.2) is 9.97 Å². The van der Waals surface area contributed by atoms with Gasteiger partial charge in [0.25, 0.3) is 5.91 Å². The van der Waals surface area contributed by atoms with Crippen LogP contribution < -0.4 is 10.7 Å². The summed E-state index contributed by atoms with van der Waals surface area (Å²) in [6.45, 7) is 4.12. The van der Waals surface area contributed by atoms with E-state index in [0.717, 1.165) is 21.3 Å². The normalized spacial score (nSPS) is 11.2. The molecule has 4 rings (SSSR count). The number of fused-ring (bicyclic) bond motifs is 1. The smallest absolute Gasteiger partial charge is 0.257 e. The Morgan fingerprint density at radius 3 is 2.80 bits per heavy atom. The van der Waals surface area contributed by atoms with E-state index in [0.29, 0.717) is 22.1 Å². The number of anilines is 2. The molecule has 0 bridgehead atoms. The first-order valence-corrected chi connectivity index (χ1v) is 10.4. The molecule has 2 N–H and O–H groups in total. The van der Waals surface area contributed by atoms with E-state index in [2.05, 4.69) is 39.7 Å². The van der Waals surface area contributed by atoms with Crippen LogP contribution in [-0.4, -0.2) is 22.1 Å². The number of nitrogens with zero attached hydrogens (tertiary/aromatic N) is 3. The number of halogens is 1. The maximum Gasteiger partial charge on any atom is 0.257 e. The van der Waals surface area contributed by atoms with Gasteiger partial charge in [0, 0.05) is 10.6 Å². The van der Waals surface area contributed by atoms with E-state index >= 15 is 0 Å². The highest BCUT2D eigenvalue weighted by atomic mass is 35.5. The number of hydrogen-bond acceptors (Lipinski definition) is 6. The highest BCUT2D eigenvalue weighted by molar-refractivity contribution is 7.18. The van der Waals surface area contributed by atoms with Crippen molar-refractivity contribution >= 4 is 56.8 Å². The Morgan fingerprint density at radius 2 is 1.97 bits per heavy atom. The Bertz CT molecular complexity index is 1270. The van der Waals surface area contributed by atoms with E-state index in [1.165, 1.54) is 11.2 Å². The molecule has 0 aliphatic carbocycles. The van der Waals surface area contributed by atoms with Gasteiger partial charge >= 0.3 is 0 Å². The average molecular weight is 436 g/mol. The van der Waals surface area contributed by atoms with E-state index in [1.807, 2.05) is 24.3 Å². The van der Waals surface area contributed by atoms with Crippen LogP contribution >= 0.6 is 22.9 Å². The molecule has 4 aromatic rings. The number of amides is 1. The van der Waals surface area contributed by atoms with Crippen molar-refractivity contribution in [2.75, 3.05) is 10.7 Å². The predicted octanol–water partition coefficient (Wildman–Crippen LogP) is 5.66. The SMILES string of the molecule is Cc1sc2ncnc(NN=Cc3cccc(NC(=O)c4ccccc4Cl)c3)c2c1C. The van der Waals surface area contributed by atoms with Crippen molar-refractivity contribution in [1.29, 1.82) is 0 Å². The van der Waals surface area contributed by atoms with Crippen LogP contribution in [0.1, 0.15) is 26.4 Å². The average Bonchev–Trinajstić information content (AvgIpc) is 3.03. The van der Waals surface area contributed by atoms with Gasteiger partial charge in [-0.1, -0.05) is 35.9 Å². The first-order chi connectivity index (χ1) is 14.5. The molecule has 2 aromatic heterocycles. The summed E-state index contributed by atoms with van der Waals surface area (Å²) in [7, 11) is 0. The van der Waals surface area contributed by atoms with E-state index in [9.17, 15) is 4.79 Å². The summed E-state index contributed by atoms with van der Waals surface area (Å²) in [5, 5.41) is 8.56. The zero-order valence-electron chi connectivity index (χ0n) is 16.3. The number of benzene rings is 2. The van der Waals surface area contributed by atoms with Crippen molar-refractivity contribution in [2.45, 2.75) is 13.8 Å². The topological polar surface area (TPSA) is 79.3 Å². The first kappa shape index (κ1) is 20.0. The van der Waals surface area contributed by atoms with Gasteiger partial charge in [0.05, 0.1) is 22.2 Å². The molecule has 30 heavy (non-hydrogen) atoms. The molecule has 0 saturated carbocycles. The van der Waals surface area contributed by atoms with E-state index in [1.54, 1.807) is 41.8 Å². The van der Waals surface area contributed by atoms with Crippen molar-refractivity contribution in [3.63, 3.8) is 0 Å². The minimum absolute atomic E-state index is 0.264. The lowest BCUT2D eigenvalue weighted by Crippen LogP contribution is -2.12. The molecule has 0 unspecified atom stereocenters. The van der Waals surface area contributed by atoms with Crippen molar-refractivity contribution < 1.29 is 4.79 Å². The monoisotopic (exact) mass is 435 g/mol. The van der Waals surface area contributed by atoms with Gasteiger partial charge in [-0.2, -0.15) is 5.10 Å². The molecule has 6 nitrogen and oxygen atoms in total. The zero-order valence-corrected chi connectivity index (χ0v) is 17.9. The molecular formula is C22H18ClN5OS. The molecule has 0 spiro atoms. The van der Waals surface area contributed by atoms with E-state index in [4.69, 9.17) is 11.6 Å². The van der Waals surface area contributed by atoms with Crippen LogP contribution in [0.25, 0.3) is 10.2 Å². The van der Waals surface area contributed by atoms with Crippen molar-refractivity contribution in [2.24, 2.45) is 5.10 Å². The standard InChI is InChI=1S/C22H18ClN5OS/c1-13-14(2)30-22-19(13)20(24-12-25-22)28-26-11-15-6-5-7-16(10-15)27-21(29)17-8-3-4-9-18(17)23/h3-12H,1-2H3,(H,27,29)(H,24,25,28). The lowest BCUT2D eigenvalue weighted by atomic mass is 10.2. The third-order valence-electron chi connectivity index (χ3n) is 4.61. The van der Waals surface area contributed by atoms with Gasteiger partial charge in [-0.3, -0.25) is 10.2 Å². The minimum Gasteiger partial charge on any atom is -0.322 e. The van der Waals surface area contributed by atoms with Gasteiger partial charge in [0.15, 0.2) is 5.82 Å². The van der Waals surface area contributed by atoms with Crippen molar-refractivity contribution in [1.82, 2.24) is 9.97 Å². The summed E-state index contributed by atoms with van der Waals surface area (Å²) < 4.78 is 0. The van der Waals surface area contributed by atoms with Crippen LogP contribution in [0.3, 0.4) is 0 Å². The lowest BCUT2D eigenvalue weighted by molar-refractivity contribution is 0.102. The van der Waals surface area contributed by atoms with Crippen LogP contribution in [0, 0.1) is 13.8 Å². The third kappa shape index (κ3) is 4.17. The second-order valence-corrected chi connectivity index (χ2v) is 8.23. The quantitative estimate of drug-likeness (QED) is 0.313. The number of rotatable bonds is 5. The van der Waals surface area contributed by atoms with Crippen LogP contribution in [0.4, 0.5) is 11.5 Å². The number of thiophene rings is 1. The molecule has 2 heterocycles. The lowest BCUT2D eigenvalue weighted by Gasteiger charge is -2.07. The molecule has 2 aromatic carbocycles. The molecule has 8 heteroatoms. The van der Waals surface area contributed by atoms with Crippen LogP contribution in [0.5, 0.6) is 0 Å². The highest BCUT2D eigenvalue weighted by Crippen LogP contribution is 2.32. The zero-order chi connectivity index (χ0) is 21.1. The summed E-state index contributed by atoms with van der Waals surface area (Å²) in [4.78, 5) is 23.2. The maximum absolute atomic E-state index is 12.4. The Kier molecular flexibility index (Phi) is 5.74. The summed E-state index contributed by atoms with van der Waals surface area (Å²) in [5.74, 6) is 0.403. The Balaban J connectivity index is 1.49. The minimum atomic E-state index is -0.264. The number of hydrazone groups is 1.